The molecule has 0 heterocycles. The fourth-order valence-corrected chi connectivity index (χ4v) is 2.35. The van der Waals surface area contributed by atoms with E-state index in [0.29, 0.717) is 0 Å². The molecule has 0 unspecified atom stereocenters. The van der Waals surface area contributed by atoms with Crippen LogP contribution in [0.1, 0.15) is 23.6 Å². The summed E-state index contributed by atoms with van der Waals surface area (Å²) in [7, 11) is 0. The number of nitro groups is 1. The van der Waals surface area contributed by atoms with Gasteiger partial charge < -0.3 is 10.1 Å². The van der Waals surface area contributed by atoms with Crippen molar-refractivity contribution in [3.8, 4) is 0 Å². The molecule has 2 rings (SSSR count). The van der Waals surface area contributed by atoms with Gasteiger partial charge in [0.1, 0.15) is 5.69 Å². The van der Waals surface area contributed by atoms with E-state index in [0.717, 1.165) is 16.7 Å². The molecule has 7 nitrogen and oxygen atoms in total. The van der Waals surface area contributed by atoms with E-state index >= 15 is 0 Å². The van der Waals surface area contributed by atoms with Gasteiger partial charge in [-0.15, -0.1) is 0 Å². The van der Waals surface area contributed by atoms with E-state index in [9.17, 15) is 19.7 Å². The molecule has 136 valence electrons. The Balaban J connectivity index is 1.97. The van der Waals surface area contributed by atoms with Gasteiger partial charge in [0, 0.05) is 6.07 Å². The van der Waals surface area contributed by atoms with Crippen molar-refractivity contribution in [1.29, 1.82) is 0 Å². The molecular weight excluding hydrogens is 336 g/mol. The molecule has 0 aromatic heterocycles. The molecule has 0 aliphatic heterocycles. The summed E-state index contributed by atoms with van der Waals surface area (Å²) >= 11 is 0. The van der Waals surface area contributed by atoms with Crippen molar-refractivity contribution >= 4 is 23.3 Å². The molecule has 0 radical (unpaired) electrons. The lowest BCUT2D eigenvalue weighted by Crippen LogP contribution is -2.30. The topological polar surface area (TPSA) is 98.5 Å². The third-order valence-electron chi connectivity index (χ3n) is 3.96. The van der Waals surface area contributed by atoms with E-state index in [1.807, 2.05) is 32.0 Å². The number of hydrogen-bond donors (Lipinski definition) is 1. The number of rotatable bonds is 6. The second-order valence-corrected chi connectivity index (χ2v) is 5.99. The van der Waals surface area contributed by atoms with Crippen molar-refractivity contribution in [3.63, 3.8) is 0 Å². The fraction of sp³-hybridized carbons (Fsp3) is 0.263. The van der Waals surface area contributed by atoms with Gasteiger partial charge in [0.05, 0.1) is 11.3 Å². The number of carbonyl (C=O) groups excluding carboxylic acids is 2. The van der Waals surface area contributed by atoms with Crippen LogP contribution in [0.15, 0.2) is 42.5 Å². The Morgan fingerprint density at radius 2 is 1.85 bits per heavy atom. The number of para-hydroxylation sites is 2. The Bertz CT molecular complexity index is 848. The van der Waals surface area contributed by atoms with Crippen molar-refractivity contribution in [2.45, 2.75) is 33.3 Å². The van der Waals surface area contributed by atoms with Crippen molar-refractivity contribution in [1.82, 2.24) is 0 Å². The van der Waals surface area contributed by atoms with E-state index in [4.69, 9.17) is 4.74 Å². The predicted octanol–water partition coefficient (Wildman–Crippen LogP) is 3.32. The van der Waals surface area contributed by atoms with Gasteiger partial charge in [0.2, 0.25) is 0 Å². The lowest BCUT2D eigenvalue weighted by atomic mass is 10.0. The maximum atomic E-state index is 12.2. The summed E-state index contributed by atoms with van der Waals surface area (Å²) in [5.41, 5.74) is 2.82. The minimum absolute atomic E-state index is 0.0459. The zero-order valence-corrected chi connectivity index (χ0v) is 14.8. The van der Waals surface area contributed by atoms with Crippen molar-refractivity contribution in [3.05, 3.63) is 69.3 Å². The molecule has 0 saturated carbocycles. The van der Waals surface area contributed by atoms with Gasteiger partial charge in [-0.1, -0.05) is 30.3 Å². The van der Waals surface area contributed by atoms with Gasteiger partial charge in [-0.3, -0.25) is 19.7 Å². The Labute approximate surface area is 151 Å². The predicted molar refractivity (Wildman–Crippen MR) is 96.9 cm³/mol. The third-order valence-corrected chi connectivity index (χ3v) is 3.96. The van der Waals surface area contributed by atoms with Gasteiger partial charge in [0.25, 0.3) is 11.6 Å². The van der Waals surface area contributed by atoms with Gasteiger partial charge in [-0.05, 0) is 43.5 Å². The van der Waals surface area contributed by atoms with E-state index < -0.39 is 22.9 Å². The molecule has 26 heavy (non-hydrogen) atoms. The minimum Gasteiger partial charge on any atom is -0.452 e. The van der Waals surface area contributed by atoms with E-state index in [-0.39, 0.29) is 17.8 Å². The smallest absolute Gasteiger partial charge is 0.311 e. The van der Waals surface area contributed by atoms with Crippen LogP contribution in [0.5, 0.6) is 0 Å². The van der Waals surface area contributed by atoms with Gasteiger partial charge in [-0.2, -0.15) is 0 Å². The number of nitro benzene ring substituents is 1. The zero-order valence-electron chi connectivity index (χ0n) is 14.8. The van der Waals surface area contributed by atoms with Crippen LogP contribution in [-0.4, -0.2) is 22.9 Å². The van der Waals surface area contributed by atoms with Gasteiger partial charge in [0.15, 0.2) is 6.10 Å². The normalized spacial score (nSPS) is 11.5. The number of hydrogen-bond acceptors (Lipinski definition) is 5. The van der Waals surface area contributed by atoms with Crippen LogP contribution in [0.3, 0.4) is 0 Å². The minimum atomic E-state index is -1.08. The maximum absolute atomic E-state index is 12.2. The number of anilines is 1. The molecule has 0 saturated heterocycles. The monoisotopic (exact) mass is 356 g/mol. The van der Waals surface area contributed by atoms with Crippen LogP contribution in [-0.2, 0) is 20.7 Å². The molecule has 1 amide bonds. The van der Waals surface area contributed by atoms with Crippen LogP contribution in [0.2, 0.25) is 0 Å². The van der Waals surface area contributed by atoms with Crippen LogP contribution in [0.25, 0.3) is 0 Å². The van der Waals surface area contributed by atoms with Crippen molar-refractivity contribution in [2.24, 2.45) is 0 Å². The van der Waals surface area contributed by atoms with Crippen LogP contribution in [0, 0.1) is 24.0 Å². The molecule has 1 atom stereocenters. The lowest BCUT2D eigenvalue weighted by molar-refractivity contribution is -0.383. The Morgan fingerprint density at radius 1 is 1.15 bits per heavy atom. The standard InChI is InChI=1S/C19H20N2O5/c1-12-8-9-15(10-13(12)2)11-18(22)26-14(3)19(23)20-16-6-4-5-7-17(16)21(24)25/h4-10,14H,11H2,1-3H3,(H,20,23)/t14-/m1/s1. The first kappa shape index (κ1) is 19.1. The molecule has 0 aliphatic carbocycles. The summed E-state index contributed by atoms with van der Waals surface area (Å²) in [5, 5.41) is 13.4. The Hall–Kier alpha value is -3.22. The summed E-state index contributed by atoms with van der Waals surface area (Å²) in [5.74, 6) is -1.17. The number of ether oxygens (including phenoxy) is 1. The van der Waals surface area contributed by atoms with Crippen molar-refractivity contribution in [2.75, 3.05) is 5.32 Å². The van der Waals surface area contributed by atoms with Crippen LogP contribution < -0.4 is 5.32 Å². The largest absolute Gasteiger partial charge is 0.452 e. The molecule has 2 aromatic carbocycles. The molecule has 2 aromatic rings. The third kappa shape index (κ3) is 4.89. The highest BCUT2D eigenvalue weighted by atomic mass is 16.6. The van der Waals surface area contributed by atoms with Gasteiger partial charge in [-0.25, -0.2) is 0 Å². The van der Waals surface area contributed by atoms with Crippen molar-refractivity contribution < 1.29 is 19.2 Å². The number of esters is 1. The number of amides is 1. The highest BCUT2D eigenvalue weighted by Crippen LogP contribution is 2.23. The number of aryl methyl sites for hydroxylation is 2. The average Bonchev–Trinajstić information content (AvgIpc) is 2.58. The molecule has 1 N–H and O–H groups in total. The molecule has 7 heteroatoms. The Morgan fingerprint density at radius 3 is 2.50 bits per heavy atom. The average molecular weight is 356 g/mol. The summed E-state index contributed by atoms with van der Waals surface area (Å²) in [6.07, 6.45) is -1.03. The number of nitrogens with zero attached hydrogens (tertiary/aromatic N) is 1. The second kappa shape index (κ2) is 8.24. The number of benzene rings is 2. The van der Waals surface area contributed by atoms with Crippen LogP contribution >= 0.6 is 0 Å². The first-order valence-corrected chi connectivity index (χ1v) is 8.08. The van der Waals surface area contributed by atoms with E-state index in [1.54, 1.807) is 6.07 Å². The number of carbonyl (C=O) groups is 2. The molecule has 0 aliphatic rings. The van der Waals surface area contributed by atoms with E-state index in [1.165, 1.54) is 25.1 Å². The Kier molecular flexibility index (Phi) is 6.06. The molecule has 0 fully saturated rings. The molecular formula is C19H20N2O5. The first-order valence-electron chi connectivity index (χ1n) is 8.08. The fourth-order valence-electron chi connectivity index (χ4n) is 2.35. The second-order valence-electron chi connectivity index (χ2n) is 5.99. The molecule has 0 bridgehead atoms. The number of nitrogens with one attached hydrogen (secondary N) is 1. The summed E-state index contributed by atoms with van der Waals surface area (Å²) < 4.78 is 5.14. The highest BCUT2D eigenvalue weighted by Gasteiger charge is 2.21. The van der Waals surface area contributed by atoms with Gasteiger partial charge >= 0.3 is 5.97 Å². The van der Waals surface area contributed by atoms with E-state index in [2.05, 4.69) is 5.32 Å². The quantitative estimate of drug-likeness (QED) is 0.486. The summed E-state index contributed by atoms with van der Waals surface area (Å²) in [6, 6.07) is 11.4. The van der Waals surface area contributed by atoms with Crippen LogP contribution in [0.4, 0.5) is 11.4 Å². The molecule has 0 spiro atoms. The zero-order chi connectivity index (χ0) is 19.3. The maximum Gasteiger partial charge on any atom is 0.311 e. The lowest BCUT2D eigenvalue weighted by Gasteiger charge is -2.14. The summed E-state index contributed by atoms with van der Waals surface area (Å²) in [6.45, 7) is 5.35. The highest BCUT2D eigenvalue weighted by molar-refractivity contribution is 5.96. The summed E-state index contributed by atoms with van der Waals surface area (Å²) in [4.78, 5) is 34.6. The SMILES string of the molecule is Cc1ccc(CC(=O)O[C@H](C)C(=O)Nc2ccccc2[N+](=O)[O-])cc1C. The first-order chi connectivity index (χ1) is 12.3.